The summed E-state index contributed by atoms with van der Waals surface area (Å²) in [7, 11) is 0. The zero-order valence-electron chi connectivity index (χ0n) is 27.6. The first-order chi connectivity index (χ1) is 25.3. The third-order valence-corrected chi connectivity index (χ3v) is 8.52. The van der Waals surface area contributed by atoms with Crippen LogP contribution in [0.25, 0.3) is 33.5 Å². The monoisotopic (exact) mass is 736 g/mol. The van der Waals surface area contributed by atoms with Crippen molar-refractivity contribution in [2.45, 2.75) is 6.92 Å². The van der Waals surface area contributed by atoms with Crippen LogP contribution >= 0.6 is 34.8 Å². The Hall–Kier alpha value is -6.15. The molecule has 52 heavy (non-hydrogen) atoms. The predicted molar refractivity (Wildman–Crippen MR) is 207 cm³/mol. The minimum Gasteiger partial charge on any atom is -0.457 e. The van der Waals surface area contributed by atoms with Crippen molar-refractivity contribution in [2.75, 3.05) is 0 Å². The lowest BCUT2D eigenvalue weighted by Crippen LogP contribution is -1.93. The van der Waals surface area contributed by atoms with Gasteiger partial charge in [-0.2, -0.15) is 10.5 Å². The number of aromatic nitrogens is 2. The largest absolute Gasteiger partial charge is 0.457 e. The lowest BCUT2D eigenvalue weighted by Gasteiger charge is -2.11. The Balaban J connectivity index is 0.000000183. The molecular weight excluding hydrogens is 711 g/mol. The first-order valence-electron chi connectivity index (χ1n) is 15.9. The summed E-state index contributed by atoms with van der Waals surface area (Å²) in [4.78, 5) is 8.31. The van der Waals surface area contributed by atoms with Gasteiger partial charge in [-0.05, 0) is 78.7 Å². The molecule has 0 N–H and O–H groups in total. The molecule has 7 rings (SSSR count). The minimum atomic E-state index is 0.0969. The van der Waals surface area contributed by atoms with Crippen LogP contribution in [-0.4, -0.2) is 9.97 Å². The minimum absolute atomic E-state index is 0.0969. The standard InChI is InChI=1S/C25H17ClN2O.C18H10Cl2N2O/c1-17-7-9-19(10-8-17)24-15-22(23(16-27)25(26)28-24)18-11-13-21(14-12-18)29-20-5-3-2-4-6-20;19-17-10-15(16(11-21)18(20)22-17)12-6-8-14(9-7-12)23-13-4-2-1-3-5-13/h2-15H,1H3;1-10H. The molecular formula is C43H27Cl3N4O2. The summed E-state index contributed by atoms with van der Waals surface area (Å²) in [5.41, 5.74) is 6.58. The Bertz CT molecular complexity index is 2390. The molecule has 6 nitrogen and oxygen atoms in total. The predicted octanol–water partition coefficient (Wildman–Crippen LogP) is 12.8. The number of para-hydroxylation sites is 2. The van der Waals surface area contributed by atoms with Gasteiger partial charge in [0.25, 0.3) is 0 Å². The maximum atomic E-state index is 9.61. The zero-order chi connectivity index (χ0) is 36.5. The first kappa shape index (κ1) is 35.7. The van der Waals surface area contributed by atoms with Gasteiger partial charge in [0.2, 0.25) is 0 Å². The number of hydrogen-bond acceptors (Lipinski definition) is 6. The number of rotatable bonds is 7. The summed E-state index contributed by atoms with van der Waals surface area (Å²) in [6.45, 7) is 2.04. The van der Waals surface area contributed by atoms with Crippen molar-refractivity contribution in [3.63, 3.8) is 0 Å². The van der Waals surface area contributed by atoms with E-state index in [4.69, 9.17) is 44.3 Å². The van der Waals surface area contributed by atoms with Crippen LogP contribution in [0, 0.1) is 29.6 Å². The maximum Gasteiger partial charge on any atom is 0.149 e. The topological polar surface area (TPSA) is 91.8 Å². The Kier molecular flexibility index (Phi) is 11.5. The van der Waals surface area contributed by atoms with E-state index in [1.165, 1.54) is 5.56 Å². The molecule has 0 aliphatic heterocycles. The zero-order valence-corrected chi connectivity index (χ0v) is 29.9. The second-order valence-corrected chi connectivity index (χ2v) is 12.5. The molecule has 2 heterocycles. The van der Waals surface area contributed by atoms with E-state index in [1.807, 2.05) is 146 Å². The summed E-state index contributed by atoms with van der Waals surface area (Å²) in [5, 5.41) is 19.4. The molecule has 2 aromatic heterocycles. The molecule has 5 aromatic carbocycles. The fourth-order valence-corrected chi connectivity index (χ4v) is 5.90. The Morgan fingerprint density at radius 1 is 0.481 bits per heavy atom. The first-order valence-corrected chi connectivity index (χ1v) is 17.0. The summed E-state index contributed by atoms with van der Waals surface area (Å²) in [5.74, 6) is 2.95. The lowest BCUT2D eigenvalue weighted by atomic mass is 9.99. The van der Waals surface area contributed by atoms with Gasteiger partial charge in [0.1, 0.15) is 50.6 Å². The number of hydrogen-bond donors (Lipinski definition) is 0. The molecule has 252 valence electrons. The third kappa shape index (κ3) is 8.76. The molecule has 0 saturated heterocycles. The van der Waals surface area contributed by atoms with Crippen molar-refractivity contribution in [1.82, 2.24) is 9.97 Å². The molecule has 0 amide bonds. The highest BCUT2D eigenvalue weighted by atomic mass is 35.5. The molecule has 9 heteroatoms. The molecule has 7 aromatic rings. The van der Waals surface area contributed by atoms with Crippen molar-refractivity contribution < 1.29 is 9.47 Å². The van der Waals surface area contributed by atoms with Crippen LogP contribution in [0.5, 0.6) is 23.0 Å². The summed E-state index contributed by atoms with van der Waals surface area (Å²) in [6, 6.07) is 49.9. The van der Waals surface area contributed by atoms with Crippen LogP contribution in [0.4, 0.5) is 0 Å². The highest BCUT2D eigenvalue weighted by Crippen LogP contribution is 2.34. The number of ether oxygens (including phenoxy) is 2. The fourth-order valence-electron chi connectivity index (χ4n) is 5.19. The third-order valence-electron chi connectivity index (χ3n) is 7.78. The number of benzene rings is 5. The van der Waals surface area contributed by atoms with Crippen molar-refractivity contribution in [2.24, 2.45) is 0 Å². The van der Waals surface area contributed by atoms with Gasteiger partial charge in [0.15, 0.2) is 0 Å². The van der Waals surface area contributed by atoms with Gasteiger partial charge in [0.05, 0.1) is 16.8 Å². The van der Waals surface area contributed by atoms with Crippen LogP contribution in [0.3, 0.4) is 0 Å². The molecule has 0 fully saturated rings. The smallest absolute Gasteiger partial charge is 0.149 e. The highest BCUT2D eigenvalue weighted by molar-refractivity contribution is 6.33. The molecule has 0 radical (unpaired) electrons. The lowest BCUT2D eigenvalue weighted by molar-refractivity contribution is 0.482. The van der Waals surface area contributed by atoms with Crippen molar-refractivity contribution in [3.05, 3.63) is 178 Å². The second kappa shape index (κ2) is 16.7. The molecule has 0 saturated carbocycles. The van der Waals surface area contributed by atoms with Gasteiger partial charge in [-0.15, -0.1) is 0 Å². The van der Waals surface area contributed by atoms with Crippen molar-refractivity contribution >= 4 is 34.8 Å². The average Bonchev–Trinajstić information content (AvgIpc) is 3.16. The maximum absolute atomic E-state index is 9.61. The normalized spacial score (nSPS) is 10.3. The Labute approximate surface area is 316 Å². The Morgan fingerprint density at radius 3 is 1.35 bits per heavy atom. The van der Waals surface area contributed by atoms with E-state index in [9.17, 15) is 10.5 Å². The van der Waals surface area contributed by atoms with E-state index in [0.717, 1.165) is 45.2 Å². The van der Waals surface area contributed by atoms with E-state index < -0.39 is 0 Å². The van der Waals surface area contributed by atoms with Crippen LogP contribution < -0.4 is 9.47 Å². The average molecular weight is 738 g/mol. The van der Waals surface area contributed by atoms with Gasteiger partial charge in [-0.25, -0.2) is 9.97 Å². The van der Waals surface area contributed by atoms with E-state index in [-0.39, 0.29) is 15.5 Å². The fraction of sp³-hybridized carbons (Fsp3) is 0.0233. The molecule has 0 atom stereocenters. The Morgan fingerprint density at radius 2 is 0.885 bits per heavy atom. The van der Waals surface area contributed by atoms with Gasteiger partial charge >= 0.3 is 0 Å². The van der Waals surface area contributed by atoms with Gasteiger partial charge < -0.3 is 9.47 Å². The molecule has 0 aliphatic carbocycles. The van der Waals surface area contributed by atoms with E-state index >= 15 is 0 Å². The highest BCUT2D eigenvalue weighted by Gasteiger charge is 2.15. The quantitative estimate of drug-likeness (QED) is 0.151. The molecule has 0 spiro atoms. The van der Waals surface area contributed by atoms with E-state index in [2.05, 4.69) is 22.1 Å². The van der Waals surface area contributed by atoms with Crippen LogP contribution in [0.15, 0.2) is 146 Å². The van der Waals surface area contributed by atoms with Crippen LogP contribution in [-0.2, 0) is 0 Å². The summed E-state index contributed by atoms with van der Waals surface area (Å²) in [6.07, 6.45) is 0. The molecule has 0 aliphatic rings. The SMILES string of the molecule is Cc1ccc(-c2cc(-c3ccc(Oc4ccccc4)cc3)c(C#N)c(Cl)n2)cc1.N#Cc1c(-c2ccc(Oc3ccccc3)cc2)cc(Cl)nc1Cl. The van der Waals surface area contributed by atoms with Gasteiger partial charge in [-0.1, -0.05) is 125 Å². The van der Waals surface area contributed by atoms with Gasteiger partial charge in [-0.3, -0.25) is 0 Å². The second-order valence-electron chi connectivity index (χ2n) is 11.3. The van der Waals surface area contributed by atoms with E-state index in [0.29, 0.717) is 22.4 Å². The van der Waals surface area contributed by atoms with Crippen LogP contribution in [0.1, 0.15) is 16.7 Å². The number of pyridine rings is 2. The van der Waals surface area contributed by atoms with Crippen molar-refractivity contribution in [1.29, 1.82) is 10.5 Å². The number of nitriles is 2. The van der Waals surface area contributed by atoms with Crippen molar-refractivity contribution in [3.8, 4) is 68.6 Å². The number of nitrogens with zero attached hydrogens (tertiary/aromatic N) is 4. The summed E-state index contributed by atoms with van der Waals surface area (Å²) < 4.78 is 11.6. The van der Waals surface area contributed by atoms with E-state index in [1.54, 1.807) is 6.07 Å². The van der Waals surface area contributed by atoms with Gasteiger partial charge in [0, 0.05) is 16.7 Å². The summed E-state index contributed by atoms with van der Waals surface area (Å²) >= 11 is 18.3. The number of halogens is 3. The molecule has 0 bridgehead atoms. The van der Waals surface area contributed by atoms with Crippen LogP contribution in [0.2, 0.25) is 15.5 Å². The number of aryl methyl sites for hydroxylation is 1. The molecule has 0 unspecified atom stereocenters.